The summed E-state index contributed by atoms with van der Waals surface area (Å²) < 4.78 is 14.9. The Morgan fingerprint density at radius 1 is 1.06 bits per heavy atom. The SMILES string of the molecule is O=C(NCCC12CC3CC(CC(C3)C1)C2)c1cc2n(n1)CCCN(Cc1ccc(F)cc1)C2=O. The van der Waals surface area contributed by atoms with Crippen molar-refractivity contribution in [3.63, 3.8) is 0 Å². The minimum Gasteiger partial charge on any atom is -0.351 e. The largest absolute Gasteiger partial charge is 0.351 e. The number of carbonyl (C=O) groups excluding carboxylic acids is 2. The van der Waals surface area contributed by atoms with E-state index in [1.54, 1.807) is 27.8 Å². The van der Waals surface area contributed by atoms with E-state index in [1.807, 2.05) is 0 Å². The van der Waals surface area contributed by atoms with Crippen molar-refractivity contribution in [3.8, 4) is 0 Å². The summed E-state index contributed by atoms with van der Waals surface area (Å²) in [5.41, 5.74) is 2.08. The number of halogens is 1. The maximum atomic E-state index is 13.2. The molecule has 1 aliphatic heterocycles. The third-order valence-electron chi connectivity index (χ3n) is 8.71. The maximum absolute atomic E-state index is 13.2. The Balaban J connectivity index is 1.09. The van der Waals surface area contributed by atoms with E-state index < -0.39 is 0 Å². The minimum absolute atomic E-state index is 0.137. The van der Waals surface area contributed by atoms with E-state index in [4.69, 9.17) is 0 Å². The second kappa shape index (κ2) is 8.51. The number of hydrogen-bond acceptors (Lipinski definition) is 3. The highest BCUT2D eigenvalue weighted by Crippen LogP contribution is 2.61. The molecule has 34 heavy (non-hydrogen) atoms. The fourth-order valence-electron chi connectivity index (χ4n) is 7.63. The second-order valence-corrected chi connectivity index (χ2v) is 11.3. The lowest BCUT2D eigenvalue weighted by molar-refractivity contribution is -0.0564. The van der Waals surface area contributed by atoms with E-state index >= 15 is 0 Å². The first-order valence-electron chi connectivity index (χ1n) is 12.9. The number of aryl methyl sites for hydroxylation is 1. The van der Waals surface area contributed by atoms with Gasteiger partial charge in [-0.1, -0.05) is 12.1 Å². The smallest absolute Gasteiger partial charge is 0.272 e. The molecule has 0 unspecified atom stereocenters. The van der Waals surface area contributed by atoms with Crippen LogP contribution in [0.4, 0.5) is 4.39 Å². The maximum Gasteiger partial charge on any atom is 0.272 e. The highest BCUT2D eigenvalue weighted by molar-refractivity contribution is 5.98. The Kier molecular flexibility index (Phi) is 5.46. The monoisotopic (exact) mass is 464 g/mol. The molecule has 4 saturated carbocycles. The van der Waals surface area contributed by atoms with Gasteiger partial charge in [-0.05, 0) is 92.2 Å². The Hall–Kier alpha value is -2.70. The lowest BCUT2D eigenvalue weighted by atomic mass is 9.49. The molecule has 7 heteroatoms. The molecule has 2 heterocycles. The Morgan fingerprint density at radius 3 is 2.41 bits per heavy atom. The standard InChI is InChI=1S/C27H33FN4O2/c28-22-4-2-18(3-5-22)17-31-8-1-9-32-24(26(31)34)13-23(30-32)25(33)29-7-6-27-14-19-10-20(15-27)12-21(11-19)16-27/h2-5,13,19-21H,1,6-12,14-17H2,(H,29,33). The van der Waals surface area contributed by atoms with Crippen molar-refractivity contribution in [1.82, 2.24) is 20.0 Å². The molecule has 5 aliphatic rings. The molecule has 1 aromatic heterocycles. The Bertz CT molecular complexity index is 1060. The zero-order valence-electron chi connectivity index (χ0n) is 19.6. The molecular formula is C27H33FN4O2. The van der Waals surface area contributed by atoms with Crippen molar-refractivity contribution in [2.45, 2.75) is 64.5 Å². The molecule has 0 spiro atoms. The summed E-state index contributed by atoms with van der Waals surface area (Å²) in [6, 6.07) is 7.85. The van der Waals surface area contributed by atoms with Gasteiger partial charge in [0.1, 0.15) is 11.5 Å². The molecule has 1 N–H and O–H groups in total. The van der Waals surface area contributed by atoms with Gasteiger partial charge in [0.15, 0.2) is 5.69 Å². The van der Waals surface area contributed by atoms with E-state index in [9.17, 15) is 14.0 Å². The van der Waals surface area contributed by atoms with Crippen LogP contribution in [0.1, 0.15) is 77.9 Å². The third-order valence-corrected chi connectivity index (χ3v) is 8.71. The normalized spacial score (nSPS) is 29.7. The van der Waals surface area contributed by atoms with Crippen LogP contribution in [0.25, 0.3) is 0 Å². The molecule has 4 aliphatic carbocycles. The highest BCUT2D eigenvalue weighted by atomic mass is 19.1. The van der Waals surface area contributed by atoms with Gasteiger partial charge in [-0.25, -0.2) is 4.39 Å². The van der Waals surface area contributed by atoms with E-state index in [0.717, 1.165) is 36.2 Å². The Labute approximate surface area is 199 Å². The zero-order chi connectivity index (χ0) is 23.3. The number of amides is 2. The first-order chi connectivity index (χ1) is 16.5. The molecule has 180 valence electrons. The number of aromatic nitrogens is 2. The summed E-state index contributed by atoms with van der Waals surface area (Å²) in [4.78, 5) is 27.8. The van der Waals surface area contributed by atoms with Crippen LogP contribution in [0, 0.1) is 29.0 Å². The van der Waals surface area contributed by atoms with Crippen LogP contribution < -0.4 is 5.32 Å². The first-order valence-corrected chi connectivity index (χ1v) is 12.9. The van der Waals surface area contributed by atoms with Crippen LogP contribution in [-0.4, -0.2) is 39.6 Å². The molecule has 0 radical (unpaired) electrons. The van der Waals surface area contributed by atoms with Crippen LogP contribution in [0.5, 0.6) is 0 Å². The predicted octanol–water partition coefficient (Wildman–Crippen LogP) is 4.40. The van der Waals surface area contributed by atoms with Crippen molar-refractivity contribution in [2.24, 2.45) is 23.2 Å². The van der Waals surface area contributed by atoms with Gasteiger partial charge in [-0.3, -0.25) is 14.3 Å². The summed E-state index contributed by atoms with van der Waals surface area (Å²) in [6.45, 7) is 2.29. The summed E-state index contributed by atoms with van der Waals surface area (Å²) in [6.07, 6.45) is 10.1. The van der Waals surface area contributed by atoms with Crippen molar-refractivity contribution < 1.29 is 14.0 Å². The van der Waals surface area contributed by atoms with Gasteiger partial charge in [0.05, 0.1) is 0 Å². The lowest BCUT2D eigenvalue weighted by Crippen LogP contribution is -2.47. The molecule has 4 fully saturated rings. The Morgan fingerprint density at radius 2 is 1.74 bits per heavy atom. The van der Waals surface area contributed by atoms with Gasteiger partial charge in [0.2, 0.25) is 0 Å². The minimum atomic E-state index is -0.289. The summed E-state index contributed by atoms with van der Waals surface area (Å²) >= 11 is 0. The molecule has 2 amide bonds. The average Bonchev–Trinajstić information content (AvgIpc) is 3.17. The van der Waals surface area contributed by atoms with Crippen LogP contribution in [-0.2, 0) is 13.1 Å². The van der Waals surface area contributed by atoms with Crippen LogP contribution in [0.15, 0.2) is 30.3 Å². The number of benzene rings is 1. The van der Waals surface area contributed by atoms with E-state index in [2.05, 4.69) is 10.4 Å². The number of carbonyl (C=O) groups is 2. The molecule has 0 atom stereocenters. The van der Waals surface area contributed by atoms with Crippen LogP contribution in [0.2, 0.25) is 0 Å². The van der Waals surface area contributed by atoms with Gasteiger partial charge in [-0.15, -0.1) is 0 Å². The number of hydrogen-bond donors (Lipinski definition) is 1. The zero-order valence-corrected chi connectivity index (χ0v) is 19.6. The molecule has 1 aromatic carbocycles. The average molecular weight is 465 g/mol. The lowest BCUT2D eigenvalue weighted by Gasteiger charge is -2.57. The van der Waals surface area contributed by atoms with Gasteiger partial charge >= 0.3 is 0 Å². The fraction of sp³-hybridized carbons (Fsp3) is 0.593. The highest BCUT2D eigenvalue weighted by Gasteiger charge is 2.50. The van der Waals surface area contributed by atoms with Gasteiger partial charge in [0, 0.05) is 32.2 Å². The van der Waals surface area contributed by atoms with Gasteiger partial charge in [0.25, 0.3) is 11.8 Å². The van der Waals surface area contributed by atoms with E-state index in [-0.39, 0.29) is 17.6 Å². The van der Waals surface area contributed by atoms with Crippen molar-refractivity contribution in [3.05, 3.63) is 53.1 Å². The molecular weight excluding hydrogens is 431 g/mol. The van der Waals surface area contributed by atoms with Crippen molar-refractivity contribution in [2.75, 3.05) is 13.1 Å². The molecule has 4 bridgehead atoms. The van der Waals surface area contributed by atoms with Crippen molar-refractivity contribution >= 4 is 11.8 Å². The summed E-state index contributed by atoms with van der Waals surface area (Å²) in [5, 5.41) is 7.56. The second-order valence-electron chi connectivity index (χ2n) is 11.3. The number of rotatable bonds is 6. The molecule has 7 rings (SSSR count). The van der Waals surface area contributed by atoms with Gasteiger partial charge in [-0.2, -0.15) is 5.10 Å². The quantitative estimate of drug-likeness (QED) is 0.689. The topological polar surface area (TPSA) is 67.2 Å². The summed E-state index contributed by atoms with van der Waals surface area (Å²) in [7, 11) is 0. The number of nitrogens with zero attached hydrogens (tertiary/aromatic N) is 3. The van der Waals surface area contributed by atoms with Crippen molar-refractivity contribution in [1.29, 1.82) is 0 Å². The molecule has 2 aromatic rings. The van der Waals surface area contributed by atoms with Crippen LogP contribution >= 0.6 is 0 Å². The molecule has 6 nitrogen and oxygen atoms in total. The van der Waals surface area contributed by atoms with Gasteiger partial charge < -0.3 is 10.2 Å². The van der Waals surface area contributed by atoms with E-state index in [0.29, 0.717) is 43.0 Å². The van der Waals surface area contributed by atoms with Crippen LogP contribution in [0.3, 0.4) is 0 Å². The van der Waals surface area contributed by atoms with E-state index in [1.165, 1.54) is 50.7 Å². The third kappa shape index (κ3) is 4.14. The number of nitrogens with one attached hydrogen (secondary N) is 1. The predicted molar refractivity (Wildman–Crippen MR) is 126 cm³/mol. The summed E-state index contributed by atoms with van der Waals surface area (Å²) in [5.74, 6) is 2.12. The number of fused-ring (bicyclic) bond motifs is 1. The first kappa shape index (κ1) is 21.8. The molecule has 0 saturated heterocycles. The fourth-order valence-corrected chi connectivity index (χ4v) is 7.63.